The summed E-state index contributed by atoms with van der Waals surface area (Å²) < 4.78 is 38.9. The predicted octanol–water partition coefficient (Wildman–Crippen LogP) is 5.42. The van der Waals surface area contributed by atoms with Gasteiger partial charge in [-0.25, -0.2) is 17.8 Å². The van der Waals surface area contributed by atoms with Gasteiger partial charge in [-0.1, -0.05) is 48.5 Å². The second kappa shape index (κ2) is 9.42. The molecule has 0 radical (unpaired) electrons. The highest BCUT2D eigenvalue weighted by molar-refractivity contribution is 7.91. The summed E-state index contributed by atoms with van der Waals surface area (Å²) in [5, 5.41) is 5.11. The highest BCUT2D eigenvalue weighted by atomic mass is 32.2. The Morgan fingerprint density at radius 3 is 2.31 bits per heavy atom. The third-order valence-electron chi connectivity index (χ3n) is 4.79. The average molecular weight is 467 g/mol. The van der Waals surface area contributed by atoms with Crippen molar-refractivity contribution in [2.24, 2.45) is 0 Å². The van der Waals surface area contributed by atoms with Gasteiger partial charge in [0.05, 0.1) is 22.0 Å². The number of hydrogen-bond donors (Lipinski definition) is 1. The minimum Gasteiger partial charge on any atom is -0.325 e. The average Bonchev–Trinajstić information content (AvgIpc) is 3.29. The molecule has 32 heavy (non-hydrogen) atoms. The number of halogens is 1. The van der Waals surface area contributed by atoms with Crippen molar-refractivity contribution in [3.05, 3.63) is 90.1 Å². The fraction of sp³-hybridized carbons (Fsp3) is 0.0833. The van der Waals surface area contributed by atoms with E-state index in [1.807, 2.05) is 6.07 Å². The van der Waals surface area contributed by atoms with Crippen LogP contribution in [0.15, 0.2) is 89.1 Å². The number of nitrogens with zero attached hydrogens (tertiary/aromatic N) is 1. The summed E-state index contributed by atoms with van der Waals surface area (Å²) >= 11 is 1.31. The molecule has 1 heterocycles. The van der Waals surface area contributed by atoms with Gasteiger partial charge < -0.3 is 5.32 Å². The predicted molar refractivity (Wildman–Crippen MR) is 125 cm³/mol. The number of rotatable bonds is 7. The Morgan fingerprint density at radius 1 is 0.906 bits per heavy atom. The van der Waals surface area contributed by atoms with Crippen molar-refractivity contribution in [1.29, 1.82) is 0 Å². The van der Waals surface area contributed by atoms with Gasteiger partial charge in [0.2, 0.25) is 5.91 Å². The van der Waals surface area contributed by atoms with Gasteiger partial charge in [0.1, 0.15) is 10.8 Å². The standard InChI is InChI=1S/C24H19FN2O3S2/c25-20-12-6-4-10-18(20)24-27-22(16-31-24)19-11-5-7-13-21(19)26-23(28)14-15-32(29,30)17-8-2-1-3-9-17/h1-13,16H,14-15H2,(H,26,28). The number of benzene rings is 3. The molecule has 4 aromatic rings. The third-order valence-corrected chi connectivity index (χ3v) is 7.39. The third kappa shape index (κ3) is 4.92. The smallest absolute Gasteiger partial charge is 0.225 e. The van der Waals surface area contributed by atoms with Crippen LogP contribution in [0.3, 0.4) is 0 Å². The Labute approximate surface area is 189 Å². The maximum absolute atomic E-state index is 14.1. The van der Waals surface area contributed by atoms with E-state index in [0.717, 1.165) is 0 Å². The van der Waals surface area contributed by atoms with E-state index in [0.29, 0.717) is 27.5 Å². The van der Waals surface area contributed by atoms with Crippen molar-refractivity contribution in [2.45, 2.75) is 11.3 Å². The molecule has 0 saturated heterocycles. The summed E-state index contributed by atoms with van der Waals surface area (Å²) in [6, 6.07) is 21.6. The van der Waals surface area contributed by atoms with Gasteiger partial charge in [-0.3, -0.25) is 4.79 Å². The molecule has 3 aromatic carbocycles. The van der Waals surface area contributed by atoms with Gasteiger partial charge in [0.25, 0.3) is 0 Å². The minimum absolute atomic E-state index is 0.177. The molecule has 0 fully saturated rings. The quantitative estimate of drug-likeness (QED) is 0.395. The SMILES string of the molecule is O=C(CCS(=O)(=O)c1ccccc1)Nc1ccccc1-c1csc(-c2ccccc2F)n1. The lowest BCUT2D eigenvalue weighted by Gasteiger charge is -2.10. The monoisotopic (exact) mass is 466 g/mol. The fourth-order valence-corrected chi connectivity index (χ4v) is 5.26. The summed E-state index contributed by atoms with van der Waals surface area (Å²) in [6.45, 7) is 0. The Bertz CT molecular complexity index is 1350. The van der Waals surface area contributed by atoms with Gasteiger partial charge in [0.15, 0.2) is 9.84 Å². The van der Waals surface area contributed by atoms with Crippen molar-refractivity contribution in [2.75, 3.05) is 11.1 Å². The first-order valence-corrected chi connectivity index (χ1v) is 12.3. The zero-order valence-corrected chi connectivity index (χ0v) is 18.5. The molecule has 8 heteroatoms. The maximum Gasteiger partial charge on any atom is 0.225 e. The summed E-state index contributed by atoms with van der Waals surface area (Å²) in [4.78, 5) is 17.2. The zero-order valence-electron chi connectivity index (χ0n) is 16.9. The molecule has 5 nitrogen and oxygen atoms in total. The van der Waals surface area contributed by atoms with E-state index in [1.54, 1.807) is 60.0 Å². The largest absolute Gasteiger partial charge is 0.325 e. The lowest BCUT2D eigenvalue weighted by atomic mass is 10.1. The van der Waals surface area contributed by atoms with E-state index < -0.39 is 15.7 Å². The van der Waals surface area contributed by atoms with E-state index >= 15 is 0 Å². The Kier molecular flexibility index (Phi) is 6.43. The molecule has 4 rings (SSSR count). The number of aromatic nitrogens is 1. The van der Waals surface area contributed by atoms with Crippen LogP contribution in [-0.2, 0) is 14.6 Å². The molecule has 0 saturated carbocycles. The number of carbonyl (C=O) groups is 1. The van der Waals surface area contributed by atoms with Crippen LogP contribution in [0.2, 0.25) is 0 Å². The van der Waals surface area contributed by atoms with Crippen LogP contribution in [0.1, 0.15) is 6.42 Å². The van der Waals surface area contributed by atoms with Crippen LogP contribution in [0.4, 0.5) is 10.1 Å². The van der Waals surface area contributed by atoms with Gasteiger partial charge in [-0.2, -0.15) is 0 Å². The molecule has 1 amide bonds. The number of thiazole rings is 1. The molecule has 0 aliphatic rings. The van der Waals surface area contributed by atoms with E-state index in [4.69, 9.17) is 0 Å². The number of carbonyl (C=O) groups excluding carboxylic acids is 1. The van der Waals surface area contributed by atoms with E-state index in [2.05, 4.69) is 10.3 Å². The lowest BCUT2D eigenvalue weighted by Crippen LogP contribution is -2.17. The molecular weight excluding hydrogens is 447 g/mol. The number of hydrogen-bond acceptors (Lipinski definition) is 5. The van der Waals surface area contributed by atoms with Crippen molar-refractivity contribution in [1.82, 2.24) is 4.98 Å². The van der Waals surface area contributed by atoms with Crippen LogP contribution >= 0.6 is 11.3 Å². The van der Waals surface area contributed by atoms with E-state index in [-0.39, 0.29) is 22.9 Å². The number of nitrogens with one attached hydrogen (secondary N) is 1. The highest BCUT2D eigenvalue weighted by Crippen LogP contribution is 2.33. The van der Waals surface area contributed by atoms with E-state index in [9.17, 15) is 17.6 Å². The second-order valence-corrected chi connectivity index (χ2v) is 9.96. The molecule has 0 bridgehead atoms. The van der Waals surface area contributed by atoms with Crippen LogP contribution in [-0.4, -0.2) is 25.1 Å². The lowest BCUT2D eigenvalue weighted by molar-refractivity contribution is -0.115. The van der Waals surface area contributed by atoms with Gasteiger partial charge in [0, 0.05) is 22.9 Å². The fourth-order valence-electron chi connectivity index (χ4n) is 3.16. The van der Waals surface area contributed by atoms with Crippen molar-refractivity contribution < 1.29 is 17.6 Å². The normalized spacial score (nSPS) is 11.3. The van der Waals surface area contributed by atoms with Gasteiger partial charge in [-0.15, -0.1) is 11.3 Å². The molecular formula is C24H19FN2O3S2. The first-order valence-electron chi connectivity index (χ1n) is 9.81. The number of sulfone groups is 1. The molecule has 0 spiro atoms. The van der Waals surface area contributed by atoms with Crippen molar-refractivity contribution >= 4 is 32.8 Å². The van der Waals surface area contributed by atoms with Crippen LogP contribution in [0.5, 0.6) is 0 Å². The highest BCUT2D eigenvalue weighted by Gasteiger charge is 2.18. The molecule has 0 atom stereocenters. The summed E-state index contributed by atoms with van der Waals surface area (Å²) in [5.41, 5.74) is 2.20. The van der Waals surface area contributed by atoms with Crippen molar-refractivity contribution in [3.63, 3.8) is 0 Å². The van der Waals surface area contributed by atoms with Gasteiger partial charge >= 0.3 is 0 Å². The van der Waals surface area contributed by atoms with Gasteiger partial charge in [-0.05, 0) is 30.3 Å². The Morgan fingerprint density at radius 2 is 1.56 bits per heavy atom. The zero-order chi connectivity index (χ0) is 22.6. The molecule has 0 aliphatic carbocycles. The summed E-state index contributed by atoms with van der Waals surface area (Å²) in [6.07, 6.45) is -0.177. The molecule has 1 aromatic heterocycles. The summed E-state index contributed by atoms with van der Waals surface area (Å²) in [5.74, 6) is -1.06. The Balaban J connectivity index is 1.50. The Hall–Kier alpha value is -3.36. The molecule has 1 N–H and O–H groups in total. The van der Waals surface area contributed by atoms with Crippen molar-refractivity contribution in [3.8, 4) is 21.8 Å². The second-order valence-electron chi connectivity index (χ2n) is 6.99. The minimum atomic E-state index is -3.55. The van der Waals surface area contributed by atoms with Crippen LogP contribution in [0, 0.1) is 5.82 Å². The van der Waals surface area contributed by atoms with E-state index in [1.165, 1.54) is 29.5 Å². The molecule has 0 aliphatic heterocycles. The molecule has 0 unspecified atom stereocenters. The topological polar surface area (TPSA) is 76.1 Å². The number of anilines is 1. The van der Waals surface area contributed by atoms with Crippen LogP contribution < -0.4 is 5.32 Å². The summed E-state index contributed by atoms with van der Waals surface area (Å²) in [7, 11) is -3.55. The first-order chi connectivity index (χ1) is 15.4. The molecule has 162 valence electrons. The first kappa shape index (κ1) is 21.9. The maximum atomic E-state index is 14.1. The number of para-hydroxylation sites is 1. The van der Waals surface area contributed by atoms with Crippen LogP contribution in [0.25, 0.3) is 21.8 Å². The number of amides is 1.